The average Bonchev–Trinajstić information content (AvgIpc) is 3.18. The number of halogens is 1. The van der Waals surface area contributed by atoms with Crippen LogP contribution in [0, 0.1) is 5.92 Å². The Morgan fingerprint density at radius 1 is 1.07 bits per heavy atom. The van der Waals surface area contributed by atoms with E-state index in [4.69, 9.17) is 11.6 Å². The van der Waals surface area contributed by atoms with Crippen LogP contribution in [0.1, 0.15) is 32.1 Å². The molecular weight excluding hydrogens is 471 g/mol. The fourth-order valence-electron chi connectivity index (χ4n) is 3.66. The summed E-state index contributed by atoms with van der Waals surface area (Å²) < 4.78 is 2.50. The number of aromatic nitrogens is 1. The summed E-state index contributed by atoms with van der Waals surface area (Å²) in [6.07, 6.45) is 7.26. The summed E-state index contributed by atoms with van der Waals surface area (Å²) in [6.45, 7) is 0. The maximum absolute atomic E-state index is 12.5. The van der Waals surface area contributed by atoms with Gasteiger partial charge in [-0.1, -0.05) is 0 Å². The van der Waals surface area contributed by atoms with Crippen LogP contribution < -0.4 is 12.5 Å². The van der Waals surface area contributed by atoms with E-state index < -0.39 is 20.9 Å². The molecule has 3 nitrogen and oxygen atoms in total. The van der Waals surface area contributed by atoms with E-state index in [2.05, 4.69) is 28.5 Å². The SMILES string of the molecule is O=C(CC1CCCC1)Nc1ccc([Te]c2ccccc2Cl)c2cccnc12. The minimum atomic E-state index is -0.636. The molecule has 0 unspecified atom stereocenters. The average molecular weight is 492 g/mol. The second-order valence-electron chi connectivity index (χ2n) is 6.95. The molecule has 0 saturated heterocycles. The second-order valence-corrected chi connectivity index (χ2v) is 10.4. The van der Waals surface area contributed by atoms with Gasteiger partial charge in [0.1, 0.15) is 0 Å². The van der Waals surface area contributed by atoms with Crippen molar-refractivity contribution in [2.24, 2.45) is 5.92 Å². The molecule has 0 spiro atoms. The van der Waals surface area contributed by atoms with Crippen LogP contribution in [0.25, 0.3) is 10.9 Å². The van der Waals surface area contributed by atoms with E-state index in [-0.39, 0.29) is 5.91 Å². The van der Waals surface area contributed by atoms with Gasteiger partial charge in [0.05, 0.1) is 0 Å². The van der Waals surface area contributed by atoms with Gasteiger partial charge in [0.2, 0.25) is 0 Å². The Morgan fingerprint density at radius 3 is 2.70 bits per heavy atom. The standard InChI is InChI=1S/C22H21ClN2OTe/c23-17-9-3-4-10-20(17)27-19-12-11-18(22-16(19)8-5-13-24-22)25-21(26)14-15-6-1-2-7-15/h3-5,8-13,15H,1-2,6-7,14H2,(H,25,26). The number of rotatable bonds is 5. The molecule has 5 heteroatoms. The van der Waals surface area contributed by atoms with E-state index in [1.165, 1.54) is 32.9 Å². The summed E-state index contributed by atoms with van der Waals surface area (Å²) in [6, 6.07) is 16.2. The van der Waals surface area contributed by atoms with E-state index in [1.807, 2.05) is 30.3 Å². The van der Waals surface area contributed by atoms with Crippen molar-refractivity contribution in [1.82, 2.24) is 4.98 Å². The molecule has 0 bridgehead atoms. The predicted octanol–water partition coefficient (Wildman–Crippen LogP) is 4.06. The van der Waals surface area contributed by atoms with Crippen LogP contribution in [0.4, 0.5) is 5.69 Å². The molecule has 0 aliphatic heterocycles. The predicted molar refractivity (Wildman–Crippen MR) is 113 cm³/mol. The molecule has 1 fully saturated rings. The van der Waals surface area contributed by atoms with E-state index in [9.17, 15) is 4.79 Å². The van der Waals surface area contributed by atoms with Crippen LogP contribution in [-0.4, -0.2) is 31.8 Å². The number of carbonyl (C=O) groups excluding carboxylic acids is 1. The quantitative estimate of drug-likeness (QED) is 0.546. The van der Waals surface area contributed by atoms with Crippen LogP contribution in [0.5, 0.6) is 0 Å². The fourth-order valence-corrected chi connectivity index (χ4v) is 6.79. The van der Waals surface area contributed by atoms with Gasteiger partial charge in [-0.3, -0.25) is 0 Å². The summed E-state index contributed by atoms with van der Waals surface area (Å²) >= 11 is 5.73. The first-order valence-electron chi connectivity index (χ1n) is 9.30. The first kappa shape index (κ1) is 18.7. The van der Waals surface area contributed by atoms with Crippen LogP contribution >= 0.6 is 11.6 Å². The molecule has 0 atom stereocenters. The number of fused-ring (bicyclic) bond motifs is 1. The Hall–Kier alpha value is -1.60. The molecular formula is C22H21ClN2OTe. The van der Waals surface area contributed by atoms with E-state index in [0.717, 1.165) is 21.6 Å². The molecule has 1 heterocycles. The van der Waals surface area contributed by atoms with E-state index in [1.54, 1.807) is 6.20 Å². The van der Waals surface area contributed by atoms with Crippen molar-refractivity contribution >= 4 is 62.2 Å². The summed E-state index contributed by atoms with van der Waals surface area (Å²) in [5, 5.41) is 5.04. The first-order chi connectivity index (χ1) is 13.2. The topological polar surface area (TPSA) is 42.0 Å². The molecule has 1 aromatic heterocycles. The third-order valence-corrected chi connectivity index (χ3v) is 8.98. The molecule has 3 aromatic rings. The van der Waals surface area contributed by atoms with Crippen molar-refractivity contribution < 1.29 is 4.79 Å². The summed E-state index contributed by atoms with van der Waals surface area (Å²) in [5.41, 5.74) is 1.68. The Bertz CT molecular complexity index is 969. The zero-order valence-electron chi connectivity index (χ0n) is 15.0. The second kappa shape index (κ2) is 8.61. The van der Waals surface area contributed by atoms with Gasteiger partial charge in [0.15, 0.2) is 0 Å². The van der Waals surface area contributed by atoms with Crippen LogP contribution in [0.15, 0.2) is 54.7 Å². The molecule has 1 saturated carbocycles. The maximum atomic E-state index is 12.5. The number of pyridine rings is 1. The minimum absolute atomic E-state index is 0.101. The number of anilines is 1. The molecule has 4 rings (SSSR count). The first-order valence-corrected chi connectivity index (χ1v) is 12.0. The Balaban J connectivity index is 1.60. The normalized spacial score (nSPS) is 14.6. The van der Waals surface area contributed by atoms with Gasteiger partial charge >= 0.3 is 175 Å². The van der Waals surface area contributed by atoms with Gasteiger partial charge in [-0.25, -0.2) is 0 Å². The van der Waals surface area contributed by atoms with Crippen molar-refractivity contribution in [3.63, 3.8) is 0 Å². The molecule has 1 aliphatic carbocycles. The molecule has 138 valence electrons. The Morgan fingerprint density at radius 2 is 1.89 bits per heavy atom. The van der Waals surface area contributed by atoms with Crippen molar-refractivity contribution in [3.8, 4) is 0 Å². The van der Waals surface area contributed by atoms with E-state index >= 15 is 0 Å². The molecule has 1 aliphatic rings. The fraction of sp³-hybridized carbons (Fsp3) is 0.273. The zero-order chi connectivity index (χ0) is 18.6. The summed E-state index contributed by atoms with van der Waals surface area (Å²) in [7, 11) is 0. The van der Waals surface area contributed by atoms with Crippen LogP contribution in [-0.2, 0) is 4.79 Å². The van der Waals surface area contributed by atoms with Gasteiger partial charge in [-0.15, -0.1) is 0 Å². The summed E-state index contributed by atoms with van der Waals surface area (Å²) in [4.78, 5) is 17.0. The van der Waals surface area contributed by atoms with Crippen molar-refractivity contribution in [2.75, 3.05) is 5.32 Å². The van der Waals surface area contributed by atoms with Gasteiger partial charge in [0, 0.05) is 0 Å². The van der Waals surface area contributed by atoms with Gasteiger partial charge in [-0.2, -0.15) is 0 Å². The third kappa shape index (κ3) is 4.46. The number of hydrogen-bond acceptors (Lipinski definition) is 2. The summed E-state index contributed by atoms with van der Waals surface area (Å²) in [5.74, 6) is 0.639. The number of benzene rings is 2. The number of nitrogens with one attached hydrogen (secondary N) is 1. The van der Waals surface area contributed by atoms with Gasteiger partial charge in [0.25, 0.3) is 0 Å². The van der Waals surface area contributed by atoms with Crippen LogP contribution in [0.2, 0.25) is 5.02 Å². The van der Waals surface area contributed by atoms with Crippen LogP contribution in [0.3, 0.4) is 0 Å². The van der Waals surface area contributed by atoms with Gasteiger partial charge in [-0.05, 0) is 0 Å². The Labute approximate surface area is 174 Å². The molecule has 1 amide bonds. The monoisotopic (exact) mass is 494 g/mol. The molecule has 27 heavy (non-hydrogen) atoms. The van der Waals surface area contributed by atoms with Gasteiger partial charge < -0.3 is 0 Å². The number of amides is 1. The van der Waals surface area contributed by atoms with E-state index in [0.29, 0.717) is 12.3 Å². The third-order valence-electron chi connectivity index (χ3n) is 5.01. The zero-order valence-corrected chi connectivity index (χ0v) is 18.0. The number of carbonyl (C=O) groups is 1. The van der Waals surface area contributed by atoms with Crippen molar-refractivity contribution in [1.29, 1.82) is 0 Å². The number of nitrogens with zero attached hydrogens (tertiary/aromatic N) is 1. The molecule has 2 aromatic carbocycles. The number of hydrogen-bond donors (Lipinski definition) is 1. The molecule has 0 radical (unpaired) electrons. The molecule has 1 N–H and O–H groups in total. The Kier molecular flexibility index (Phi) is 5.98. The van der Waals surface area contributed by atoms with Crippen molar-refractivity contribution in [2.45, 2.75) is 32.1 Å². The van der Waals surface area contributed by atoms with Crippen molar-refractivity contribution in [3.05, 3.63) is 59.8 Å².